The molecule has 0 unspecified atom stereocenters. The molecule has 2 aromatic carbocycles. The second-order valence-corrected chi connectivity index (χ2v) is 6.03. The molecule has 0 atom stereocenters. The Kier molecular flexibility index (Phi) is 3.95. The lowest BCUT2D eigenvalue weighted by atomic mass is 10.1. The number of oxazole rings is 1. The van der Waals surface area contributed by atoms with Crippen molar-refractivity contribution in [2.24, 2.45) is 0 Å². The molecular weight excluding hydrogens is 356 g/mol. The number of fused-ring (bicyclic) bond motifs is 1. The van der Waals surface area contributed by atoms with E-state index < -0.39 is 11.6 Å². The average molecular weight is 369 g/mol. The van der Waals surface area contributed by atoms with Crippen LogP contribution in [0.15, 0.2) is 40.9 Å². The van der Waals surface area contributed by atoms with Crippen LogP contribution in [0.1, 0.15) is 11.1 Å². The number of hydrogen-bond donors (Lipinski definition) is 1. The zero-order valence-electron chi connectivity index (χ0n) is 14.3. The van der Waals surface area contributed by atoms with E-state index in [9.17, 15) is 13.9 Å². The maximum Gasteiger partial charge on any atom is 0.325 e. The van der Waals surface area contributed by atoms with E-state index in [0.29, 0.717) is 28.1 Å². The largest absolute Gasteiger partial charge is 0.507 e. The number of benzene rings is 2. The Bertz CT molecular complexity index is 1130. The molecule has 0 radical (unpaired) electrons. The molecule has 1 N–H and O–H groups in total. The fourth-order valence-corrected chi connectivity index (χ4v) is 2.67. The van der Waals surface area contributed by atoms with Crippen LogP contribution in [-0.4, -0.2) is 20.1 Å². The van der Waals surface area contributed by atoms with Crippen LogP contribution >= 0.6 is 0 Å². The van der Waals surface area contributed by atoms with Gasteiger partial charge in [0.1, 0.15) is 28.7 Å². The minimum Gasteiger partial charge on any atom is -0.507 e. The number of aryl methyl sites for hydroxylation is 2. The van der Waals surface area contributed by atoms with Gasteiger partial charge in [0, 0.05) is 23.8 Å². The van der Waals surface area contributed by atoms with E-state index in [1.54, 1.807) is 26.0 Å². The van der Waals surface area contributed by atoms with E-state index in [1.807, 2.05) is 0 Å². The number of aromatic nitrogens is 3. The predicted octanol–water partition coefficient (Wildman–Crippen LogP) is 4.68. The average Bonchev–Trinajstić information content (AvgIpc) is 3.01. The Morgan fingerprint density at radius 1 is 0.963 bits per heavy atom. The highest BCUT2D eigenvalue weighted by Gasteiger charge is 2.14. The van der Waals surface area contributed by atoms with Crippen molar-refractivity contribution in [3.05, 3.63) is 59.3 Å². The highest BCUT2D eigenvalue weighted by Crippen LogP contribution is 2.30. The standard InChI is InChI=1S/C19H13F2N3O3/c1-9-3-11(4-10(2)16(9)25)17-23-15-8-22-19(24-18(15)27-17)26-14-6-12(20)5-13(21)7-14/h3-8,25H,1-2H3. The molecule has 0 aliphatic rings. The Morgan fingerprint density at radius 3 is 2.30 bits per heavy atom. The lowest BCUT2D eigenvalue weighted by molar-refractivity contribution is 0.431. The molecule has 0 saturated heterocycles. The van der Waals surface area contributed by atoms with Crippen LogP contribution in [0.2, 0.25) is 0 Å². The van der Waals surface area contributed by atoms with E-state index in [4.69, 9.17) is 9.15 Å². The molecule has 0 amide bonds. The zero-order valence-corrected chi connectivity index (χ0v) is 14.3. The summed E-state index contributed by atoms with van der Waals surface area (Å²) in [4.78, 5) is 12.4. The molecule has 0 spiro atoms. The van der Waals surface area contributed by atoms with Crippen LogP contribution in [0.4, 0.5) is 8.78 Å². The number of phenols is 1. The highest BCUT2D eigenvalue weighted by molar-refractivity contribution is 5.72. The SMILES string of the molecule is Cc1cc(-c2nc3cnc(Oc4cc(F)cc(F)c4)nc3o2)cc(C)c1O. The van der Waals surface area contributed by atoms with Gasteiger partial charge in [-0.3, -0.25) is 0 Å². The summed E-state index contributed by atoms with van der Waals surface area (Å²) in [6.45, 7) is 3.55. The fourth-order valence-electron chi connectivity index (χ4n) is 2.67. The van der Waals surface area contributed by atoms with Crippen LogP contribution in [0.5, 0.6) is 17.5 Å². The first-order valence-corrected chi connectivity index (χ1v) is 7.97. The Morgan fingerprint density at radius 2 is 1.63 bits per heavy atom. The lowest BCUT2D eigenvalue weighted by Crippen LogP contribution is -1.92. The Hall–Kier alpha value is -3.55. The molecule has 27 heavy (non-hydrogen) atoms. The molecule has 0 bridgehead atoms. The summed E-state index contributed by atoms with van der Waals surface area (Å²) in [5.74, 6) is -1.10. The van der Waals surface area contributed by atoms with Gasteiger partial charge in [-0.2, -0.15) is 4.98 Å². The molecule has 0 aliphatic carbocycles. The van der Waals surface area contributed by atoms with Crippen molar-refractivity contribution in [1.29, 1.82) is 0 Å². The first kappa shape index (κ1) is 16.9. The summed E-state index contributed by atoms with van der Waals surface area (Å²) in [6.07, 6.45) is 1.39. The second-order valence-electron chi connectivity index (χ2n) is 6.03. The highest BCUT2D eigenvalue weighted by atomic mass is 19.1. The van der Waals surface area contributed by atoms with Crippen molar-refractivity contribution in [2.75, 3.05) is 0 Å². The minimum atomic E-state index is -0.772. The fraction of sp³-hybridized carbons (Fsp3) is 0.105. The van der Waals surface area contributed by atoms with Crippen molar-refractivity contribution >= 4 is 11.2 Å². The van der Waals surface area contributed by atoms with Crippen LogP contribution in [0.25, 0.3) is 22.7 Å². The summed E-state index contributed by atoms with van der Waals surface area (Å²) in [5, 5.41) is 9.89. The van der Waals surface area contributed by atoms with Gasteiger partial charge in [0.25, 0.3) is 5.71 Å². The molecule has 4 aromatic rings. The summed E-state index contributed by atoms with van der Waals surface area (Å²) in [6, 6.07) is 6.13. The van der Waals surface area contributed by atoms with Crippen LogP contribution in [-0.2, 0) is 0 Å². The first-order chi connectivity index (χ1) is 12.9. The predicted molar refractivity (Wildman–Crippen MR) is 92.6 cm³/mol. The zero-order chi connectivity index (χ0) is 19.1. The number of hydrogen-bond acceptors (Lipinski definition) is 6. The van der Waals surface area contributed by atoms with Crippen molar-refractivity contribution in [1.82, 2.24) is 15.0 Å². The van der Waals surface area contributed by atoms with Crippen LogP contribution in [0.3, 0.4) is 0 Å². The summed E-state index contributed by atoms with van der Waals surface area (Å²) < 4.78 is 37.5. The van der Waals surface area contributed by atoms with Crippen molar-refractivity contribution in [3.8, 4) is 29.0 Å². The van der Waals surface area contributed by atoms with E-state index in [0.717, 1.165) is 18.2 Å². The van der Waals surface area contributed by atoms with E-state index in [2.05, 4.69) is 15.0 Å². The molecule has 0 saturated carbocycles. The maximum absolute atomic E-state index is 13.3. The summed E-state index contributed by atoms with van der Waals surface area (Å²) in [5.41, 5.74) is 2.61. The topological polar surface area (TPSA) is 81.3 Å². The maximum atomic E-state index is 13.3. The molecule has 136 valence electrons. The molecule has 4 rings (SSSR count). The minimum absolute atomic E-state index is 0.0728. The van der Waals surface area contributed by atoms with Crippen molar-refractivity contribution < 1.29 is 23.0 Å². The Labute approximate surface area is 152 Å². The third-order valence-electron chi connectivity index (χ3n) is 3.91. The van der Waals surface area contributed by atoms with E-state index >= 15 is 0 Å². The van der Waals surface area contributed by atoms with Gasteiger partial charge in [-0.1, -0.05) is 0 Å². The van der Waals surface area contributed by atoms with Gasteiger partial charge in [-0.25, -0.2) is 18.7 Å². The first-order valence-electron chi connectivity index (χ1n) is 7.97. The molecule has 2 heterocycles. The smallest absolute Gasteiger partial charge is 0.325 e. The van der Waals surface area contributed by atoms with Gasteiger partial charge in [0.15, 0.2) is 0 Å². The normalized spacial score (nSPS) is 11.1. The number of halogens is 2. The van der Waals surface area contributed by atoms with Crippen LogP contribution in [0, 0.1) is 25.5 Å². The number of aromatic hydroxyl groups is 1. The third kappa shape index (κ3) is 3.29. The monoisotopic (exact) mass is 369 g/mol. The summed E-state index contributed by atoms with van der Waals surface area (Å²) in [7, 11) is 0. The molecule has 0 aliphatic heterocycles. The molecule has 8 heteroatoms. The molecular formula is C19H13F2N3O3. The Balaban J connectivity index is 1.69. The van der Waals surface area contributed by atoms with E-state index in [1.165, 1.54) is 6.20 Å². The van der Waals surface area contributed by atoms with Gasteiger partial charge in [0.05, 0.1) is 6.20 Å². The van der Waals surface area contributed by atoms with Crippen LogP contribution < -0.4 is 4.74 Å². The van der Waals surface area contributed by atoms with Gasteiger partial charge >= 0.3 is 6.01 Å². The van der Waals surface area contributed by atoms with E-state index in [-0.39, 0.29) is 23.2 Å². The van der Waals surface area contributed by atoms with Gasteiger partial charge in [0.2, 0.25) is 5.89 Å². The summed E-state index contributed by atoms with van der Waals surface area (Å²) >= 11 is 0. The van der Waals surface area contributed by atoms with Gasteiger partial charge in [-0.05, 0) is 37.1 Å². The molecule has 2 aromatic heterocycles. The van der Waals surface area contributed by atoms with Gasteiger partial charge < -0.3 is 14.3 Å². The second kappa shape index (κ2) is 6.31. The lowest BCUT2D eigenvalue weighted by Gasteiger charge is -2.04. The number of phenolic OH excluding ortho intramolecular Hbond substituents is 1. The van der Waals surface area contributed by atoms with Gasteiger partial charge in [-0.15, -0.1) is 0 Å². The third-order valence-corrected chi connectivity index (χ3v) is 3.91. The molecule has 6 nitrogen and oxygen atoms in total. The van der Waals surface area contributed by atoms with Crippen molar-refractivity contribution in [2.45, 2.75) is 13.8 Å². The quantitative estimate of drug-likeness (QED) is 0.565. The number of ether oxygens (including phenoxy) is 1. The van der Waals surface area contributed by atoms with Crippen molar-refractivity contribution in [3.63, 3.8) is 0 Å². The number of nitrogens with zero attached hydrogens (tertiary/aromatic N) is 3. The molecule has 0 fully saturated rings. The number of rotatable bonds is 3.